The van der Waals surface area contributed by atoms with Crippen molar-refractivity contribution in [2.45, 2.75) is 10.1 Å². The van der Waals surface area contributed by atoms with Crippen LogP contribution in [0.1, 0.15) is 0 Å². The first-order valence-corrected chi connectivity index (χ1v) is 9.91. The van der Waals surface area contributed by atoms with Crippen molar-refractivity contribution in [2.75, 3.05) is 18.2 Å². The molecule has 0 unspecified atom stereocenters. The Morgan fingerprint density at radius 3 is 1.67 bits per heavy atom. The highest BCUT2D eigenvalue weighted by Gasteiger charge is 2.11. The molecule has 0 aliphatic rings. The molecule has 2 aromatic heterocycles. The lowest BCUT2D eigenvalue weighted by Gasteiger charge is -1.95. The summed E-state index contributed by atoms with van der Waals surface area (Å²) in [6, 6.07) is 5.09. The third-order valence-electron chi connectivity index (χ3n) is 2.45. The Morgan fingerprint density at radius 2 is 1.38 bits per heavy atom. The summed E-state index contributed by atoms with van der Waals surface area (Å²) in [5.74, 6) is 0. The van der Waals surface area contributed by atoms with Crippen molar-refractivity contribution in [3.8, 4) is 0 Å². The summed E-state index contributed by atoms with van der Waals surface area (Å²) >= 11 is 0. The highest BCUT2D eigenvalue weighted by Crippen LogP contribution is 2.11. The summed E-state index contributed by atoms with van der Waals surface area (Å²) in [4.78, 5) is 16.6. The van der Waals surface area contributed by atoms with Crippen molar-refractivity contribution in [1.29, 1.82) is 0 Å². The number of pyridine rings is 2. The number of anilines is 1. The zero-order chi connectivity index (χ0) is 18.5. The summed E-state index contributed by atoms with van der Waals surface area (Å²) in [6.45, 7) is 0. The predicted octanol–water partition coefficient (Wildman–Crippen LogP) is 0.461. The predicted molar refractivity (Wildman–Crippen MR) is 85.8 cm³/mol. The van der Waals surface area contributed by atoms with E-state index in [4.69, 9.17) is 5.73 Å². The van der Waals surface area contributed by atoms with Crippen LogP contribution in [0.5, 0.6) is 0 Å². The van der Waals surface area contributed by atoms with Gasteiger partial charge in [0.25, 0.3) is 5.69 Å². The van der Waals surface area contributed by atoms with Crippen LogP contribution in [0.15, 0.2) is 46.7 Å². The summed E-state index contributed by atoms with van der Waals surface area (Å²) in [5.41, 5.74) is 5.54. The molecular weight excluding hydrogens is 360 g/mol. The highest BCUT2D eigenvalue weighted by molar-refractivity contribution is 7.90. The molecule has 2 rings (SSSR count). The average molecular weight is 374 g/mol. The van der Waals surface area contributed by atoms with Gasteiger partial charge in [0.1, 0.15) is 6.20 Å². The van der Waals surface area contributed by atoms with Crippen LogP contribution in [-0.2, 0) is 19.7 Å². The minimum atomic E-state index is -3.38. The van der Waals surface area contributed by atoms with Gasteiger partial charge in [0.05, 0.1) is 16.8 Å². The van der Waals surface area contributed by atoms with Gasteiger partial charge in [-0.2, -0.15) is 0 Å². The van der Waals surface area contributed by atoms with Crippen molar-refractivity contribution >= 4 is 31.0 Å². The maximum absolute atomic E-state index is 10.9. The number of nitro groups is 1. The molecule has 0 saturated heterocycles. The maximum atomic E-state index is 10.9. The second kappa shape index (κ2) is 7.31. The van der Waals surface area contributed by atoms with E-state index in [0.717, 1.165) is 30.8 Å². The number of nitrogens with two attached hydrogens (primary N) is 1. The lowest BCUT2D eigenvalue weighted by Crippen LogP contribution is -2.00. The van der Waals surface area contributed by atoms with Crippen molar-refractivity contribution in [2.24, 2.45) is 0 Å². The number of hydrogen-bond acceptors (Lipinski definition) is 9. The molecule has 130 valence electrons. The van der Waals surface area contributed by atoms with E-state index in [1.807, 2.05) is 0 Å². The Balaban J connectivity index is 0.000000243. The first-order valence-electron chi connectivity index (χ1n) is 6.13. The fourth-order valence-corrected chi connectivity index (χ4v) is 2.43. The van der Waals surface area contributed by atoms with Crippen molar-refractivity contribution in [3.63, 3.8) is 0 Å². The highest BCUT2D eigenvalue weighted by atomic mass is 32.2. The van der Waals surface area contributed by atoms with Crippen molar-refractivity contribution in [1.82, 2.24) is 9.97 Å². The van der Waals surface area contributed by atoms with Crippen LogP contribution in [0.2, 0.25) is 0 Å². The molecule has 0 aromatic carbocycles. The molecular formula is C12H14N4O6S2. The summed E-state index contributed by atoms with van der Waals surface area (Å²) in [7, 11) is -6.57. The van der Waals surface area contributed by atoms with Gasteiger partial charge in [-0.15, -0.1) is 0 Å². The number of hydrogen-bond donors (Lipinski definition) is 1. The van der Waals surface area contributed by atoms with E-state index >= 15 is 0 Å². The maximum Gasteiger partial charge on any atom is 0.287 e. The van der Waals surface area contributed by atoms with Gasteiger partial charge < -0.3 is 5.73 Å². The molecule has 0 aliphatic carbocycles. The Morgan fingerprint density at radius 1 is 0.917 bits per heavy atom. The summed E-state index contributed by atoms with van der Waals surface area (Å²) < 4.78 is 43.4. The van der Waals surface area contributed by atoms with Gasteiger partial charge in [-0.05, 0) is 18.2 Å². The van der Waals surface area contributed by atoms with E-state index in [1.165, 1.54) is 18.3 Å². The van der Waals surface area contributed by atoms with E-state index in [1.54, 1.807) is 0 Å². The molecule has 0 radical (unpaired) electrons. The molecule has 2 aromatic rings. The molecule has 0 saturated carbocycles. The Kier molecular flexibility index (Phi) is 5.93. The van der Waals surface area contributed by atoms with Gasteiger partial charge >= 0.3 is 0 Å². The van der Waals surface area contributed by atoms with Crippen LogP contribution in [0.25, 0.3) is 0 Å². The zero-order valence-electron chi connectivity index (χ0n) is 12.6. The third kappa shape index (κ3) is 5.89. The number of sulfone groups is 2. The number of aromatic nitrogens is 2. The third-order valence-corrected chi connectivity index (χ3v) is 4.45. The number of nitrogens with zero attached hydrogens (tertiary/aromatic N) is 3. The van der Waals surface area contributed by atoms with Crippen LogP contribution in [0.3, 0.4) is 0 Å². The van der Waals surface area contributed by atoms with Gasteiger partial charge in [0.15, 0.2) is 29.7 Å². The first-order chi connectivity index (χ1) is 10.9. The molecule has 0 amide bonds. The molecule has 12 heteroatoms. The van der Waals surface area contributed by atoms with Crippen LogP contribution < -0.4 is 5.73 Å². The zero-order valence-corrected chi connectivity index (χ0v) is 14.3. The summed E-state index contributed by atoms with van der Waals surface area (Å²) in [5, 5.41) is 10.1. The molecule has 10 nitrogen and oxygen atoms in total. The molecule has 0 bridgehead atoms. The molecule has 2 heterocycles. The lowest BCUT2D eigenvalue weighted by atomic mass is 10.4. The monoisotopic (exact) mass is 374 g/mol. The first kappa shape index (κ1) is 19.4. The molecule has 0 atom stereocenters. The van der Waals surface area contributed by atoms with Gasteiger partial charge in [-0.1, -0.05) is 0 Å². The Hall–Kier alpha value is -2.60. The minimum absolute atomic E-state index is 0.0479. The Bertz CT molecular complexity index is 923. The second-order valence-corrected chi connectivity index (χ2v) is 8.51. The normalized spacial score (nSPS) is 11.2. The quantitative estimate of drug-likeness (QED) is 0.593. The molecule has 2 N–H and O–H groups in total. The number of rotatable bonds is 3. The second-order valence-electron chi connectivity index (χ2n) is 4.59. The Labute approximate surface area is 138 Å². The molecule has 0 spiro atoms. The SMILES string of the molecule is CS(=O)(=O)c1ccc(N)cn1.CS(=O)(=O)c1ccc([N+](=O)[O-])cn1. The van der Waals surface area contributed by atoms with Crippen LogP contribution in [0.4, 0.5) is 11.4 Å². The number of nitrogen functional groups attached to an aromatic ring is 1. The van der Waals surface area contributed by atoms with Gasteiger partial charge in [-0.3, -0.25) is 10.1 Å². The van der Waals surface area contributed by atoms with Crippen LogP contribution in [0, 0.1) is 10.1 Å². The lowest BCUT2D eigenvalue weighted by molar-refractivity contribution is -0.385. The molecule has 0 fully saturated rings. The van der Waals surface area contributed by atoms with E-state index in [0.29, 0.717) is 5.69 Å². The van der Waals surface area contributed by atoms with Crippen LogP contribution >= 0.6 is 0 Å². The van der Waals surface area contributed by atoms with E-state index in [2.05, 4.69) is 9.97 Å². The van der Waals surface area contributed by atoms with Gasteiger partial charge in [0.2, 0.25) is 0 Å². The average Bonchev–Trinajstić information content (AvgIpc) is 2.46. The van der Waals surface area contributed by atoms with E-state index < -0.39 is 24.6 Å². The standard InChI is InChI=1S/C6H6N2O4S.C6H8N2O2S/c1-13(11,12)6-3-2-5(4-7-6)8(9)10;1-11(9,10)6-3-2-5(7)4-8-6/h2-4H,1H3;2-4H,7H2,1H3. The summed E-state index contributed by atoms with van der Waals surface area (Å²) in [6.07, 6.45) is 4.32. The fraction of sp³-hybridized carbons (Fsp3) is 0.167. The van der Waals surface area contributed by atoms with E-state index in [9.17, 15) is 26.9 Å². The fourth-order valence-electron chi connectivity index (χ4n) is 1.31. The van der Waals surface area contributed by atoms with Gasteiger partial charge in [0, 0.05) is 18.6 Å². The topological polar surface area (TPSA) is 163 Å². The van der Waals surface area contributed by atoms with Crippen molar-refractivity contribution < 1.29 is 21.8 Å². The minimum Gasteiger partial charge on any atom is -0.397 e. The van der Waals surface area contributed by atoms with Crippen molar-refractivity contribution in [3.05, 3.63) is 46.8 Å². The van der Waals surface area contributed by atoms with Gasteiger partial charge in [-0.25, -0.2) is 26.8 Å². The van der Waals surface area contributed by atoms with Crippen LogP contribution in [-0.4, -0.2) is 44.2 Å². The largest absolute Gasteiger partial charge is 0.397 e. The van der Waals surface area contributed by atoms with E-state index in [-0.39, 0.29) is 15.7 Å². The smallest absolute Gasteiger partial charge is 0.287 e. The molecule has 24 heavy (non-hydrogen) atoms. The molecule has 0 aliphatic heterocycles.